The van der Waals surface area contributed by atoms with Crippen molar-refractivity contribution in [1.82, 2.24) is 19.8 Å². The summed E-state index contributed by atoms with van der Waals surface area (Å²) in [5.74, 6) is 1.99. The molecule has 1 spiro atoms. The van der Waals surface area contributed by atoms with Crippen LogP contribution in [0.15, 0.2) is 24.5 Å². The second-order valence-electron chi connectivity index (χ2n) is 10.1. The third-order valence-electron chi connectivity index (χ3n) is 7.99. The van der Waals surface area contributed by atoms with Crippen molar-refractivity contribution < 1.29 is 9.59 Å². The van der Waals surface area contributed by atoms with Crippen molar-refractivity contribution in [3.63, 3.8) is 0 Å². The molecule has 0 aromatic carbocycles. The zero-order valence-corrected chi connectivity index (χ0v) is 17.6. The lowest BCUT2D eigenvalue weighted by Crippen LogP contribution is -2.64. The third-order valence-corrected chi connectivity index (χ3v) is 7.99. The molecule has 1 saturated carbocycles. The first-order valence-electron chi connectivity index (χ1n) is 11.2. The molecule has 2 aliphatic carbocycles. The van der Waals surface area contributed by atoms with Crippen molar-refractivity contribution in [3.8, 4) is 0 Å². The molecule has 2 aliphatic heterocycles. The van der Waals surface area contributed by atoms with Gasteiger partial charge in [-0.05, 0) is 38.0 Å². The SMILES string of the molecule is CC(C)(C(=O)NC1CC2(CN(C(=O)C3CC=CCC3)C2)n2ccnc21)C1CCC1. The Morgan fingerprint density at radius 1 is 1.21 bits per heavy atom. The smallest absolute Gasteiger partial charge is 0.226 e. The molecule has 1 saturated heterocycles. The second-order valence-corrected chi connectivity index (χ2v) is 10.1. The largest absolute Gasteiger partial charge is 0.346 e. The second kappa shape index (κ2) is 6.71. The summed E-state index contributed by atoms with van der Waals surface area (Å²) in [6, 6.07) is -0.0632. The monoisotopic (exact) mass is 396 g/mol. The van der Waals surface area contributed by atoms with E-state index in [-0.39, 0.29) is 28.8 Å². The van der Waals surface area contributed by atoms with Gasteiger partial charge >= 0.3 is 0 Å². The first kappa shape index (κ1) is 18.9. The van der Waals surface area contributed by atoms with E-state index in [9.17, 15) is 9.59 Å². The molecule has 156 valence electrons. The Bertz CT molecular complexity index is 845. The van der Waals surface area contributed by atoms with Gasteiger partial charge < -0.3 is 14.8 Å². The van der Waals surface area contributed by atoms with E-state index in [1.165, 1.54) is 6.42 Å². The molecule has 4 aliphatic rings. The zero-order valence-electron chi connectivity index (χ0n) is 17.6. The highest BCUT2D eigenvalue weighted by Crippen LogP contribution is 2.47. The van der Waals surface area contributed by atoms with E-state index in [0.29, 0.717) is 11.8 Å². The number of likely N-dealkylation sites (tertiary alicyclic amines) is 1. The molecule has 1 aromatic rings. The maximum atomic E-state index is 13.1. The topological polar surface area (TPSA) is 67.2 Å². The van der Waals surface area contributed by atoms with Crippen molar-refractivity contribution in [2.45, 2.75) is 70.4 Å². The number of rotatable bonds is 4. The number of allylic oxidation sites excluding steroid dienone is 2. The number of nitrogens with zero attached hydrogens (tertiary/aromatic N) is 3. The number of aromatic nitrogens is 2. The number of carbonyl (C=O) groups is 2. The van der Waals surface area contributed by atoms with E-state index in [1.807, 2.05) is 17.3 Å². The average Bonchev–Trinajstić information content (AvgIpc) is 3.21. The quantitative estimate of drug-likeness (QED) is 0.795. The predicted molar refractivity (Wildman–Crippen MR) is 110 cm³/mol. The fourth-order valence-corrected chi connectivity index (χ4v) is 5.70. The summed E-state index contributed by atoms with van der Waals surface area (Å²) in [5.41, 5.74) is -0.438. The van der Waals surface area contributed by atoms with Crippen LogP contribution in [0.5, 0.6) is 0 Å². The minimum Gasteiger partial charge on any atom is -0.346 e. The Kier molecular flexibility index (Phi) is 4.37. The normalized spacial score (nSPS) is 28.0. The van der Waals surface area contributed by atoms with Gasteiger partial charge in [0.25, 0.3) is 0 Å². The Morgan fingerprint density at radius 2 is 2.00 bits per heavy atom. The maximum Gasteiger partial charge on any atom is 0.226 e. The van der Waals surface area contributed by atoms with Gasteiger partial charge in [0.2, 0.25) is 11.8 Å². The summed E-state index contributed by atoms with van der Waals surface area (Å²) >= 11 is 0. The molecular weight excluding hydrogens is 364 g/mol. The average molecular weight is 397 g/mol. The summed E-state index contributed by atoms with van der Waals surface area (Å²) in [4.78, 5) is 32.5. The minimum atomic E-state index is -0.332. The van der Waals surface area contributed by atoms with Crippen LogP contribution in [0.2, 0.25) is 0 Å². The fraction of sp³-hybridized carbons (Fsp3) is 0.696. The number of imidazole rings is 1. The predicted octanol–water partition coefficient (Wildman–Crippen LogP) is 3.16. The molecule has 3 heterocycles. The molecule has 2 atom stereocenters. The number of hydrogen-bond donors (Lipinski definition) is 1. The Morgan fingerprint density at radius 3 is 2.66 bits per heavy atom. The lowest BCUT2D eigenvalue weighted by atomic mass is 9.67. The number of fused-ring (bicyclic) bond motifs is 2. The van der Waals surface area contributed by atoms with Crippen LogP contribution in [0.3, 0.4) is 0 Å². The van der Waals surface area contributed by atoms with Gasteiger partial charge in [0.05, 0.1) is 11.6 Å². The zero-order chi connectivity index (χ0) is 20.2. The molecular formula is C23H32N4O2. The van der Waals surface area contributed by atoms with E-state index in [2.05, 4.69) is 40.9 Å². The molecule has 29 heavy (non-hydrogen) atoms. The Hall–Kier alpha value is -2.11. The summed E-state index contributed by atoms with van der Waals surface area (Å²) < 4.78 is 2.22. The molecule has 0 radical (unpaired) electrons. The third kappa shape index (κ3) is 2.94. The van der Waals surface area contributed by atoms with Gasteiger partial charge in [-0.15, -0.1) is 0 Å². The van der Waals surface area contributed by atoms with Crippen LogP contribution in [-0.2, 0) is 15.1 Å². The van der Waals surface area contributed by atoms with Crippen LogP contribution in [0.4, 0.5) is 0 Å². The lowest BCUT2D eigenvalue weighted by molar-refractivity contribution is -0.147. The number of carbonyl (C=O) groups excluding carboxylic acids is 2. The van der Waals surface area contributed by atoms with Crippen molar-refractivity contribution >= 4 is 11.8 Å². The van der Waals surface area contributed by atoms with E-state index < -0.39 is 0 Å². The first-order chi connectivity index (χ1) is 13.9. The van der Waals surface area contributed by atoms with Crippen molar-refractivity contribution in [3.05, 3.63) is 30.4 Å². The Balaban J connectivity index is 1.26. The number of hydrogen-bond acceptors (Lipinski definition) is 3. The Labute approximate surface area is 172 Å². The number of nitrogens with one attached hydrogen (secondary N) is 1. The van der Waals surface area contributed by atoms with E-state index in [1.54, 1.807) is 0 Å². The van der Waals surface area contributed by atoms with Gasteiger partial charge in [-0.3, -0.25) is 9.59 Å². The summed E-state index contributed by atoms with van der Waals surface area (Å²) in [6.45, 7) is 5.61. The molecule has 5 rings (SSSR count). The fourth-order valence-electron chi connectivity index (χ4n) is 5.70. The molecule has 1 aromatic heterocycles. The highest BCUT2D eigenvalue weighted by Gasteiger charge is 2.55. The molecule has 6 heteroatoms. The van der Waals surface area contributed by atoms with Crippen molar-refractivity contribution in [2.75, 3.05) is 13.1 Å². The lowest BCUT2D eigenvalue weighted by Gasteiger charge is -2.50. The minimum absolute atomic E-state index is 0.0632. The molecule has 2 fully saturated rings. The van der Waals surface area contributed by atoms with Gasteiger partial charge in [0.1, 0.15) is 5.82 Å². The van der Waals surface area contributed by atoms with E-state index >= 15 is 0 Å². The highest BCUT2D eigenvalue weighted by molar-refractivity contribution is 5.83. The van der Waals surface area contributed by atoms with Crippen LogP contribution < -0.4 is 5.32 Å². The first-order valence-corrected chi connectivity index (χ1v) is 11.2. The van der Waals surface area contributed by atoms with Crippen LogP contribution in [0.25, 0.3) is 0 Å². The van der Waals surface area contributed by atoms with Gasteiger partial charge in [0, 0.05) is 43.2 Å². The molecule has 2 unspecified atom stereocenters. The van der Waals surface area contributed by atoms with Gasteiger partial charge in [-0.1, -0.05) is 32.4 Å². The summed E-state index contributed by atoms with van der Waals surface area (Å²) in [6.07, 6.45) is 15.4. The molecule has 1 N–H and O–H groups in total. The number of amides is 2. The molecule has 6 nitrogen and oxygen atoms in total. The molecule has 0 bridgehead atoms. The summed E-state index contributed by atoms with van der Waals surface area (Å²) in [7, 11) is 0. The van der Waals surface area contributed by atoms with Gasteiger partial charge in [0.15, 0.2) is 0 Å². The van der Waals surface area contributed by atoms with Crippen molar-refractivity contribution in [1.29, 1.82) is 0 Å². The van der Waals surface area contributed by atoms with Crippen LogP contribution in [-0.4, -0.2) is 39.4 Å². The van der Waals surface area contributed by atoms with Crippen LogP contribution in [0.1, 0.15) is 70.7 Å². The maximum absolute atomic E-state index is 13.1. The molecule has 2 amide bonds. The van der Waals surface area contributed by atoms with Crippen LogP contribution in [0, 0.1) is 17.3 Å². The van der Waals surface area contributed by atoms with E-state index in [0.717, 1.165) is 57.4 Å². The highest BCUT2D eigenvalue weighted by atomic mass is 16.2. The standard InChI is InChI=1S/C23H32N4O2/c1-22(2,17-9-6-10-17)21(29)25-18-13-23(27-12-11-24-19(18)27)14-26(15-23)20(28)16-7-4-3-5-8-16/h3-4,11-12,16-18H,5-10,13-15H2,1-2H3,(H,25,29). The van der Waals surface area contributed by atoms with Gasteiger partial charge in [-0.2, -0.15) is 0 Å². The van der Waals surface area contributed by atoms with E-state index in [4.69, 9.17) is 0 Å². The van der Waals surface area contributed by atoms with Gasteiger partial charge in [-0.25, -0.2) is 4.98 Å². The van der Waals surface area contributed by atoms with Crippen LogP contribution >= 0.6 is 0 Å². The summed E-state index contributed by atoms with van der Waals surface area (Å²) in [5, 5.41) is 3.31. The van der Waals surface area contributed by atoms with Crippen molar-refractivity contribution in [2.24, 2.45) is 17.3 Å².